The van der Waals surface area contributed by atoms with Gasteiger partial charge in [0.25, 0.3) is 0 Å². The molecule has 2 heterocycles. The lowest BCUT2D eigenvalue weighted by Gasteiger charge is -2.08. The third-order valence-corrected chi connectivity index (χ3v) is 6.17. The number of aromatic nitrogens is 5. The number of hydrogen-bond acceptors (Lipinski definition) is 5. The van der Waals surface area contributed by atoms with Crippen LogP contribution in [0.1, 0.15) is 11.4 Å². The summed E-state index contributed by atoms with van der Waals surface area (Å²) in [6.07, 6.45) is 2.45. The smallest absolute Gasteiger partial charge is 0.325 e. The molecule has 0 atom stereocenters. The second-order valence-corrected chi connectivity index (χ2v) is 8.34. The number of fused-ring (bicyclic) bond motifs is 1. The molecule has 1 amide bonds. The van der Waals surface area contributed by atoms with Crippen molar-refractivity contribution in [3.8, 4) is 0 Å². The van der Waals surface area contributed by atoms with Gasteiger partial charge < -0.3 is 9.88 Å². The van der Waals surface area contributed by atoms with E-state index in [4.69, 9.17) is 0 Å². The first-order chi connectivity index (χ1) is 15.5. The van der Waals surface area contributed by atoms with Crippen molar-refractivity contribution in [2.45, 2.75) is 18.1 Å². The minimum Gasteiger partial charge on any atom is -0.325 e. The van der Waals surface area contributed by atoms with Crippen molar-refractivity contribution >= 4 is 34.4 Å². The number of anilines is 1. The fourth-order valence-electron chi connectivity index (χ4n) is 3.56. The van der Waals surface area contributed by atoms with Crippen molar-refractivity contribution in [1.29, 1.82) is 0 Å². The molecule has 0 fully saturated rings. The predicted molar refractivity (Wildman–Crippen MR) is 127 cm³/mol. The Morgan fingerprint density at radius 3 is 2.59 bits per heavy atom. The van der Waals surface area contributed by atoms with E-state index in [9.17, 15) is 9.59 Å². The normalized spacial score (nSPS) is 11.1. The van der Waals surface area contributed by atoms with Gasteiger partial charge in [0.15, 0.2) is 5.16 Å². The first kappa shape index (κ1) is 21.6. The van der Waals surface area contributed by atoms with E-state index < -0.39 is 0 Å². The average molecular weight is 449 g/mol. The van der Waals surface area contributed by atoms with E-state index in [1.807, 2.05) is 41.0 Å². The van der Waals surface area contributed by atoms with E-state index in [0.29, 0.717) is 23.8 Å². The quantitative estimate of drug-likeness (QED) is 0.331. The Morgan fingerprint density at radius 2 is 1.84 bits per heavy atom. The van der Waals surface area contributed by atoms with Crippen LogP contribution in [0.15, 0.2) is 71.1 Å². The van der Waals surface area contributed by atoms with Gasteiger partial charge in [0.2, 0.25) is 5.91 Å². The molecule has 1 N–H and O–H groups in total. The number of aryl methyl sites for hydroxylation is 2. The molecule has 2 aromatic heterocycles. The molecule has 9 heteroatoms. The Balaban J connectivity index is 1.45. The number of imidazole rings is 1. The monoisotopic (exact) mass is 448 g/mol. The maximum absolute atomic E-state index is 12.6. The highest BCUT2D eigenvalue weighted by atomic mass is 32.2. The average Bonchev–Trinajstić information content (AvgIpc) is 3.27. The maximum Gasteiger partial charge on any atom is 0.328 e. The molecule has 0 saturated heterocycles. The minimum absolute atomic E-state index is 0.105. The van der Waals surface area contributed by atoms with E-state index in [2.05, 4.69) is 22.1 Å². The van der Waals surface area contributed by atoms with Gasteiger partial charge in [-0.05, 0) is 23.8 Å². The number of nitrogens with one attached hydrogen (secondary N) is 1. The van der Waals surface area contributed by atoms with E-state index in [1.165, 1.54) is 11.8 Å². The summed E-state index contributed by atoms with van der Waals surface area (Å²) in [5.74, 6) is 0.856. The maximum atomic E-state index is 12.6. The molecule has 0 spiro atoms. The molecule has 0 aliphatic rings. The van der Waals surface area contributed by atoms with Gasteiger partial charge in [-0.15, -0.1) is 16.8 Å². The molecule has 8 nitrogen and oxygen atoms in total. The topological polar surface area (TPSA) is 86.7 Å². The van der Waals surface area contributed by atoms with Gasteiger partial charge in [-0.25, -0.2) is 4.79 Å². The van der Waals surface area contributed by atoms with Gasteiger partial charge in [0.05, 0.1) is 16.8 Å². The Morgan fingerprint density at radius 1 is 1.09 bits per heavy atom. The van der Waals surface area contributed by atoms with Crippen LogP contribution in [-0.2, 0) is 31.9 Å². The van der Waals surface area contributed by atoms with Crippen molar-refractivity contribution < 1.29 is 4.79 Å². The molecule has 4 aromatic rings. The van der Waals surface area contributed by atoms with Gasteiger partial charge in [-0.2, -0.15) is 0 Å². The zero-order valence-corrected chi connectivity index (χ0v) is 18.8. The summed E-state index contributed by atoms with van der Waals surface area (Å²) < 4.78 is 5.12. The van der Waals surface area contributed by atoms with Crippen LogP contribution in [0.3, 0.4) is 0 Å². The van der Waals surface area contributed by atoms with Gasteiger partial charge in [0.1, 0.15) is 5.82 Å². The first-order valence-corrected chi connectivity index (χ1v) is 11.1. The van der Waals surface area contributed by atoms with Crippen LogP contribution in [0, 0.1) is 0 Å². The van der Waals surface area contributed by atoms with Crippen LogP contribution >= 0.6 is 11.8 Å². The van der Waals surface area contributed by atoms with E-state index in [-0.39, 0.29) is 17.3 Å². The number of rotatable bonds is 8. The van der Waals surface area contributed by atoms with E-state index in [0.717, 1.165) is 22.4 Å². The molecule has 0 saturated carbocycles. The number of allylic oxidation sites excluding steroid dienone is 1. The Bertz CT molecular complexity index is 1340. The molecule has 0 bridgehead atoms. The lowest BCUT2D eigenvalue weighted by Crippen LogP contribution is -2.19. The molecular formula is C23H24N6O2S. The largest absolute Gasteiger partial charge is 0.328 e. The fourth-order valence-corrected chi connectivity index (χ4v) is 4.33. The SMILES string of the molecule is C=CCn1c(Cc2ccccc2)nnc1SCC(=O)Nc1ccc2c(c1)n(C)c(=O)n2C. The van der Waals surface area contributed by atoms with Gasteiger partial charge in [-0.3, -0.25) is 13.9 Å². The minimum atomic E-state index is -0.159. The second-order valence-electron chi connectivity index (χ2n) is 7.40. The number of thioether (sulfide) groups is 1. The fraction of sp³-hybridized carbons (Fsp3) is 0.217. The molecule has 2 aromatic carbocycles. The highest BCUT2D eigenvalue weighted by molar-refractivity contribution is 7.99. The predicted octanol–water partition coefficient (Wildman–Crippen LogP) is 2.98. The van der Waals surface area contributed by atoms with Gasteiger partial charge >= 0.3 is 5.69 Å². The second kappa shape index (κ2) is 9.27. The van der Waals surface area contributed by atoms with Crippen molar-refractivity contribution in [2.24, 2.45) is 14.1 Å². The standard InChI is InChI=1S/C23H24N6O2S/c1-4-12-29-20(13-16-8-6-5-7-9-16)25-26-22(29)32-15-21(30)24-17-10-11-18-19(14-17)28(3)23(31)27(18)2/h4-11,14H,1,12-13,15H2,2-3H3,(H,24,30). The number of carbonyl (C=O) groups excluding carboxylic acids is 1. The Kier molecular flexibility index (Phi) is 6.27. The summed E-state index contributed by atoms with van der Waals surface area (Å²) in [5.41, 5.74) is 3.26. The number of nitrogens with zero attached hydrogens (tertiary/aromatic N) is 5. The molecule has 4 rings (SSSR count). The molecule has 32 heavy (non-hydrogen) atoms. The zero-order chi connectivity index (χ0) is 22.7. The van der Waals surface area contributed by atoms with Crippen LogP contribution in [0.25, 0.3) is 11.0 Å². The van der Waals surface area contributed by atoms with E-state index >= 15 is 0 Å². The highest BCUT2D eigenvalue weighted by Crippen LogP contribution is 2.21. The lowest BCUT2D eigenvalue weighted by atomic mass is 10.1. The summed E-state index contributed by atoms with van der Waals surface area (Å²) in [5, 5.41) is 12.2. The van der Waals surface area contributed by atoms with Crippen LogP contribution in [0.4, 0.5) is 5.69 Å². The van der Waals surface area contributed by atoms with E-state index in [1.54, 1.807) is 41.4 Å². The zero-order valence-electron chi connectivity index (χ0n) is 18.0. The third kappa shape index (κ3) is 4.38. The summed E-state index contributed by atoms with van der Waals surface area (Å²) in [4.78, 5) is 24.7. The Labute approximate surface area is 189 Å². The van der Waals surface area contributed by atoms with Gasteiger partial charge in [-0.1, -0.05) is 48.2 Å². The number of amides is 1. The Hall–Kier alpha value is -3.59. The molecule has 164 valence electrons. The number of benzene rings is 2. The summed E-state index contributed by atoms with van der Waals surface area (Å²) >= 11 is 1.33. The molecule has 0 radical (unpaired) electrons. The highest BCUT2D eigenvalue weighted by Gasteiger charge is 2.15. The first-order valence-electron chi connectivity index (χ1n) is 10.1. The van der Waals surface area contributed by atoms with Crippen molar-refractivity contribution in [1.82, 2.24) is 23.9 Å². The van der Waals surface area contributed by atoms with Crippen molar-refractivity contribution in [3.05, 3.63) is 83.1 Å². The number of carbonyl (C=O) groups is 1. The number of hydrogen-bond donors (Lipinski definition) is 1. The summed E-state index contributed by atoms with van der Waals surface area (Å²) in [6.45, 7) is 4.39. The van der Waals surface area contributed by atoms with Crippen molar-refractivity contribution in [3.63, 3.8) is 0 Å². The summed E-state index contributed by atoms with van der Waals surface area (Å²) in [7, 11) is 3.44. The third-order valence-electron chi connectivity index (χ3n) is 5.20. The lowest BCUT2D eigenvalue weighted by molar-refractivity contribution is -0.113. The van der Waals surface area contributed by atoms with Gasteiger partial charge in [0, 0.05) is 32.7 Å². The van der Waals surface area contributed by atoms with Crippen LogP contribution in [0.5, 0.6) is 0 Å². The molecular weight excluding hydrogens is 424 g/mol. The van der Waals surface area contributed by atoms with Crippen LogP contribution in [0.2, 0.25) is 0 Å². The van der Waals surface area contributed by atoms with Crippen LogP contribution in [-0.4, -0.2) is 35.6 Å². The molecule has 0 aliphatic heterocycles. The molecule has 0 aliphatic carbocycles. The summed E-state index contributed by atoms with van der Waals surface area (Å²) in [6, 6.07) is 15.5. The van der Waals surface area contributed by atoms with Crippen LogP contribution < -0.4 is 11.0 Å². The van der Waals surface area contributed by atoms with Crippen molar-refractivity contribution in [2.75, 3.05) is 11.1 Å². The molecule has 0 unspecified atom stereocenters.